The second-order valence-corrected chi connectivity index (χ2v) is 4.42. The van der Waals surface area contributed by atoms with Crippen molar-refractivity contribution in [3.63, 3.8) is 0 Å². The van der Waals surface area contributed by atoms with E-state index in [1.807, 2.05) is 6.20 Å². The number of rotatable bonds is 4. The summed E-state index contributed by atoms with van der Waals surface area (Å²) in [4.78, 5) is 6.91. The summed E-state index contributed by atoms with van der Waals surface area (Å²) < 4.78 is 0. The van der Waals surface area contributed by atoms with Gasteiger partial charge in [-0.1, -0.05) is 13.0 Å². The zero-order chi connectivity index (χ0) is 11.4. The Hall–Kier alpha value is -1.09. The van der Waals surface area contributed by atoms with Crippen LogP contribution in [0.3, 0.4) is 0 Å². The van der Waals surface area contributed by atoms with Crippen LogP contribution in [0, 0.1) is 0 Å². The van der Waals surface area contributed by atoms with Crippen molar-refractivity contribution >= 4 is 5.82 Å². The molecule has 0 aliphatic carbocycles. The van der Waals surface area contributed by atoms with E-state index < -0.39 is 0 Å². The summed E-state index contributed by atoms with van der Waals surface area (Å²) in [5, 5.41) is 3.40. The summed E-state index contributed by atoms with van der Waals surface area (Å²) in [6.07, 6.45) is 4.61. The Balaban J connectivity index is 2.03. The summed E-state index contributed by atoms with van der Waals surface area (Å²) in [5.41, 5.74) is 1.27. The molecule has 1 unspecified atom stereocenters. The molecule has 16 heavy (non-hydrogen) atoms. The fraction of sp³-hybridized carbons (Fsp3) is 0.615. The van der Waals surface area contributed by atoms with Crippen LogP contribution in [0.2, 0.25) is 0 Å². The first kappa shape index (κ1) is 11.4. The van der Waals surface area contributed by atoms with Gasteiger partial charge in [-0.05, 0) is 37.9 Å². The topological polar surface area (TPSA) is 28.2 Å². The lowest BCUT2D eigenvalue weighted by Gasteiger charge is -2.18. The number of nitrogens with zero attached hydrogens (tertiary/aromatic N) is 2. The third-order valence-electron chi connectivity index (χ3n) is 3.21. The van der Waals surface area contributed by atoms with Crippen LogP contribution in [0.15, 0.2) is 18.3 Å². The van der Waals surface area contributed by atoms with Gasteiger partial charge in [0.15, 0.2) is 0 Å². The van der Waals surface area contributed by atoms with Gasteiger partial charge in [0.05, 0.1) is 0 Å². The SMILES string of the molecule is CCNC(C)c1ccc(N2CCCC2)nc1. The molecule has 1 aromatic heterocycles. The molecular formula is C13H21N3. The maximum atomic E-state index is 4.55. The standard InChI is InChI=1S/C13H21N3/c1-3-14-11(2)12-6-7-13(15-10-12)16-8-4-5-9-16/h6-7,10-11,14H,3-5,8-9H2,1-2H3. The van der Waals surface area contributed by atoms with Crippen LogP contribution >= 0.6 is 0 Å². The summed E-state index contributed by atoms with van der Waals surface area (Å²) >= 11 is 0. The van der Waals surface area contributed by atoms with E-state index in [1.54, 1.807) is 0 Å². The van der Waals surface area contributed by atoms with Crippen molar-refractivity contribution in [1.82, 2.24) is 10.3 Å². The average Bonchev–Trinajstić information content (AvgIpc) is 2.83. The largest absolute Gasteiger partial charge is 0.357 e. The molecule has 3 nitrogen and oxygen atoms in total. The number of anilines is 1. The molecule has 1 atom stereocenters. The Morgan fingerprint density at radius 2 is 2.12 bits per heavy atom. The summed E-state index contributed by atoms with van der Waals surface area (Å²) in [7, 11) is 0. The van der Waals surface area contributed by atoms with E-state index in [-0.39, 0.29) is 0 Å². The first-order chi connectivity index (χ1) is 7.81. The van der Waals surface area contributed by atoms with E-state index in [1.165, 1.54) is 18.4 Å². The van der Waals surface area contributed by atoms with Crippen LogP contribution in [0.4, 0.5) is 5.82 Å². The van der Waals surface area contributed by atoms with Gasteiger partial charge in [0.2, 0.25) is 0 Å². The normalized spacial score (nSPS) is 17.8. The molecule has 2 heterocycles. The molecule has 0 amide bonds. The predicted molar refractivity (Wildman–Crippen MR) is 67.8 cm³/mol. The second kappa shape index (κ2) is 5.30. The van der Waals surface area contributed by atoms with Crippen molar-refractivity contribution in [2.45, 2.75) is 32.7 Å². The van der Waals surface area contributed by atoms with Crippen molar-refractivity contribution < 1.29 is 0 Å². The smallest absolute Gasteiger partial charge is 0.128 e. The van der Waals surface area contributed by atoms with Gasteiger partial charge in [0.25, 0.3) is 0 Å². The lowest BCUT2D eigenvalue weighted by molar-refractivity contribution is 0.596. The van der Waals surface area contributed by atoms with Gasteiger partial charge in [-0.3, -0.25) is 0 Å². The molecule has 88 valence electrons. The molecule has 3 heteroatoms. The molecule has 1 aliphatic heterocycles. The minimum atomic E-state index is 0.394. The Bertz CT molecular complexity index is 314. The molecular weight excluding hydrogens is 198 g/mol. The van der Waals surface area contributed by atoms with Crippen LogP contribution in [0.25, 0.3) is 0 Å². The Morgan fingerprint density at radius 3 is 2.69 bits per heavy atom. The summed E-state index contributed by atoms with van der Waals surface area (Å²) in [6, 6.07) is 4.73. The highest BCUT2D eigenvalue weighted by molar-refractivity contribution is 5.40. The first-order valence-electron chi connectivity index (χ1n) is 6.25. The van der Waals surface area contributed by atoms with Crippen molar-refractivity contribution in [1.29, 1.82) is 0 Å². The zero-order valence-corrected chi connectivity index (χ0v) is 10.2. The minimum Gasteiger partial charge on any atom is -0.357 e. The number of aromatic nitrogens is 1. The number of hydrogen-bond donors (Lipinski definition) is 1. The molecule has 1 aromatic rings. The van der Waals surface area contributed by atoms with E-state index in [9.17, 15) is 0 Å². The first-order valence-corrected chi connectivity index (χ1v) is 6.25. The van der Waals surface area contributed by atoms with Crippen molar-refractivity contribution in [2.75, 3.05) is 24.5 Å². The highest BCUT2D eigenvalue weighted by atomic mass is 15.2. The fourth-order valence-corrected chi connectivity index (χ4v) is 2.21. The molecule has 0 bridgehead atoms. The Kier molecular flexibility index (Phi) is 3.78. The van der Waals surface area contributed by atoms with E-state index in [0.717, 1.165) is 25.5 Å². The molecule has 0 radical (unpaired) electrons. The van der Waals surface area contributed by atoms with Gasteiger partial charge in [-0.2, -0.15) is 0 Å². The quantitative estimate of drug-likeness (QED) is 0.842. The molecule has 2 rings (SSSR count). The van der Waals surface area contributed by atoms with Crippen LogP contribution < -0.4 is 10.2 Å². The van der Waals surface area contributed by atoms with Gasteiger partial charge in [0.1, 0.15) is 5.82 Å². The van der Waals surface area contributed by atoms with Crippen LogP contribution in [0.5, 0.6) is 0 Å². The number of nitrogens with one attached hydrogen (secondary N) is 1. The minimum absolute atomic E-state index is 0.394. The van der Waals surface area contributed by atoms with Crippen molar-refractivity contribution in [3.8, 4) is 0 Å². The van der Waals surface area contributed by atoms with Crippen LogP contribution in [0.1, 0.15) is 38.3 Å². The van der Waals surface area contributed by atoms with Crippen molar-refractivity contribution in [2.24, 2.45) is 0 Å². The van der Waals surface area contributed by atoms with Gasteiger partial charge < -0.3 is 10.2 Å². The maximum absolute atomic E-state index is 4.55. The Morgan fingerprint density at radius 1 is 1.38 bits per heavy atom. The van der Waals surface area contributed by atoms with Gasteiger partial charge in [-0.15, -0.1) is 0 Å². The lowest BCUT2D eigenvalue weighted by Crippen LogP contribution is -2.20. The Labute approximate surface area is 97.9 Å². The molecule has 0 saturated carbocycles. The third kappa shape index (κ3) is 2.53. The molecule has 1 fully saturated rings. The van der Waals surface area contributed by atoms with Crippen LogP contribution in [-0.2, 0) is 0 Å². The molecule has 0 aromatic carbocycles. The summed E-state index contributed by atoms with van der Waals surface area (Å²) in [6.45, 7) is 7.62. The highest BCUT2D eigenvalue weighted by Gasteiger charge is 2.13. The van der Waals surface area contributed by atoms with E-state index in [4.69, 9.17) is 0 Å². The van der Waals surface area contributed by atoms with Gasteiger partial charge in [-0.25, -0.2) is 4.98 Å². The fourth-order valence-electron chi connectivity index (χ4n) is 2.21. The van der Waals surface area contributed by atoms with E-state index in [0.29, 0.717) is 6.04 Å². The maximum Gasteiger partial charge on any atom is 0.128 e. The number of pyridine rings is 1. The third-order valence-corrected chi connectivity index (χ3v) is 3.21. The predicted octanol–water partition coefficient (Wildman–Crippen LogP) is 2.35. The lowest BCUT2D eigenvalue weighted by atomic mass is 10.1. The van der Waals surface area contributed by atoms with Gasteiger partial charge >= 0.3 is 0 Å². The monoisotopic (exact) mass is 219 g/mol. The zero-order valence-electron chi connectivity index (χ0n) is 10.2. The summed E-state index contributed by atoms with van der Waals surface area (Å²) in [5.74, 6) is 1.13. The van der Waals surface area contributed by atoms with E-state index >= 15 is 0 Å². The second-order valence-electron chi connectivity index (χ2n) is 4.42. The highest BCUT2D eigenvalue weighted by Crippen LogP contribution is 2.19. The van der Waals surface area contributed by atoms with Crippen LogP contribution in [-0.4, -0.2) is 24.6 Å². The molecule has 1 aliphatic rings. The van der Waals surface area contributed by atoms with Gasteiger partial charge in [0, 0.05) is 25.3 Å². The van der Waals surface area contributed by atoms with Crippen molar-refractivity contribution in [3.05, 3.63) is 23.9 Å². The molecule has 0 spiro atoms. The average molecular weight is 219 g/mol. The number of hydrogen-bond acceptors (Lipinski definition) is 3. The molecule has 1 N–H and O–H groups in total. The molecule has 1 saturated heterocycles. The van der Waals surface area contributed by atoms with E-state index in [2.05, 4.69) is 41.2 Å².